The van der Waals surface area contributed by atoms with E-state index < -0.39 is 11.5 Å². The summed E-state index contributed by atoms with van der Waals surface area (Å²) in [4.78, 5) is 29.5. The van der Waals surface area contributed by atoms with E-state index in [4.69, 9.17) is 4.74 Å². The largest absolute Gasteiger partial charge is 0.484 e. The van der Waals surface area contributed by atoms with Crippen molar-refractivity contribution in [2.24, 2.45) is 0 Å². The zero-order valence-electron chi connectivity index (χ0n) is 16.6. The number of nitrogens with one attached hydrogen (secondary N) is 1. The molecule has 9 heteroatoms. The molecule has 0 atom stereocenters. The van der Waals surface area contributed by atoms with Gasteiger partial charge in [-0.3, -0.25) is 15.0 Å². The molecule has 2 aromatic carbocycles. The third kappa shape index (κ3) is 3.56. The minimum Gasteiger partial charge on any atom is -0.484 e. The van der Waals surface area contributed by atoms with Gasteiger partial charge in [-0.25, -0.2) is 18.6 Å². The molecule has 0 saturated heterocycles. The van der Waals surface area contributed by atoms with E-state index in [2.05, 4.69) is 15.5 Å². The van der Waals surface area contributed by atoms with Crippen LogP contribution in [0.1, 0.15) is 0 Å². The second kappa shape index (κ2) is 7.95. The number of fused-ring (bicyclic) bond motifs is 3. The number of carbonyl (C=O) groups is 1. The summed E-state index contributed by atoms with van der Waals surface area (Å²) in [5.41, 5.74) is 4.57. The lowest BCUT2D eigenvalue weighted by molar-refractivity contribution is -0.119. The number of carbonyl (C=O) groups excluding carboxylic acids is 1. The van der Waals surface area contributed by atoms with Crippen molar-refractivity contribution >= 4 is 22.5 Å². The number of aromatic nitrogens is 4. The standard InChI is InChI=1S/C23H16FN5O3/c24-16-8-6-15(7-9-16)18-13-26-29-20-10-11-28(23(31)19(20)12-25-22(18)29)27-21(30)14-32-17-4-2-1-3-5-17/h1-13H,14H2,(H,27,30). The predicted molar refractivity (Wildman–Crippen MR) is 116 cm³/mol. The van der Waals surface area contributed by atoms with Crippen molar-refractivity contribution in [1.82, 2.24) is 19.3 Å². The first-order valence-electron chi connectivity index (χ1n) is 9.72. The molecule has 0 unspecified atom stereocenters. The summed E-state index contributed by atoms with van der Waals surface area (Å²) in [6.07, 6.45) is 4.50. The molecular weight excluding hydrogens is 413 g/mol. The summed E-state index contributed by atoms with van der Waals surface area (Å²) in [6, 6.07) is 16.6. The van der Waals surface area contributed by atoms with Crippen LogP contribution in [0.4, 0.5) is 4.39 Å². The van der Waals surface area contributed by atoms with E-state index in [0.29, 0.717) is 22.5 Å². The monoisotopic (exact) mass is 429 g/mol. The lowest BCUT2D eigenvalue weighted by Crippen LogP contribution is -2.35. The second-order valence-electron chi connectivity index (χ2n) is 6.99. The Hall–Kier alpha value is -4.53. The Labute approximate surface area is 180 Å². The van der Waals surface area contributed by atoms with E-state index in [-0.39, 0.29) is 17.8 Å². The van der Waals surface area contributed by atoms with Gasteiger partial charge < -0.3 is 4.74 Å². The third-order valence-electron chi connectivity index (χ3n) is 4.91. The van der Waals surface area contributed by atoms with Crippen molar-refractivity contribution in [3.63, 3.8) is 0 Å². The Morgan fingerprint density at radius 2 is 1.81 bits per heavy atom. The maximum Gasteiger partial charge on any atom is 0.280 e. The smallest absolute Gasteiger partial charge is 0.280 e. The van der Waals surface area contributed by atoms with Crippen molar-refractivity contribution in [3.05, 3.63) is 95.4 Å². The molecule has 0 fully saturated rings. The van der Waals surface area contributed by atoms with Crippen LogP contribution in [-0.2, 0) is 4.79 Å². The first-order valence-corrected chi connectivity index (χ1v) is 9.72. The number of hydrogen-bond acceptors (Lipinski definition) is 5. The van der Waals surface area contributed by atoms with Gasteiger partial charge in [0.1, 0.15) is 11.6 Å². The average molecular weight is 429 g/mol. The van der Waals surface area contributed by atoms with Crippen molar-refractivity contribution < 1.29 is 13.9 Å². The number of para-hydroxylation sites is 1. The summed E-state index contributed by atoms with van der Waals surface area (Å²) in [6.45, 7) is -0.244. The number of pyridine rings is 1. The predicted octanol–water partition coefficient (Wildman–Crippen LogP) is 3.00. The van der Waals surface area contributed by atoms with E-state index in [9.17, 15) is 14.0 Å². The zero-order valence-corrected chi connectivity index (χ0v) is 16.6. The van der Waals surface area contributed by atoms with E-state index in [0.717, 1.165) is 10.2 Å². The summed E-state index contributed by atoms with van der Waals surface area (Å²) >= 11 is 0. The summed E-state index contributed by atoms with van der Waals surface area (Å²) in [5, 5.41) is 4.62. The zero-order chi connectivity index (χ0) is 22.1. The number of nitrogens with zero attached hydrogens (tertiary/aromatic N) is 4. The lowest BCUT2D eigenvalue weighted by Gasteiger charge is -2.10. The van der Waals surface area contributed by atoms with E-state index in [1.807, 2.05) is 6.07 Å². The molecule has 0 saturated carbocycles. The molecule has 0 radical (unpaired) electrons. The molecule has 0 aliphatic rings. The van der Waals surface area contributed by atoms with Gasteiger partial charge in [0.15, 0.2) is 12.3 Å². The second-order valence-corrected chi connectivity index (χ2v) is 6.99. The van der Waals surface area contributed by atoms with Gasteiger partial charge in [0.2, 0.25) is 0 Å². The minimum absolute atomic E-state index is 0.244. The van der Waals surface area contributed by atoms with Gasteiger partial charge in [-0.05, 0) is 35.9 Å². The molecule has 0 aliphatic heterocycles. The molecule has 3 heterocycles. The van der Waals surface area contributed by atoms with Crippen LogP contribution in [0.3, 0.4) is 0 Å². The summed E-state index contributed by atoms with van der Waals surface area (Å²) in [5.74, 6) is -0.266. The number of rotatable bonds is 5. The van der Waals surface area contributed by atoms with Gasteiger partial charge in [-0.15, -0.1) is 0 Å². The van der Waals surface area contributed by atoms with E-state index in [1.54, 1.807) is 53.2 Å². The van der Waals surface area contributed by atoms with Crippen molar-refractivity contribution in [2.75, 3.05) is 12.0 Å². The van der Waals surface area contributed by atoms with Crippen LogP contribution in [0.2, 0.25) is 0 Å². The average Bonchev–Trinajstić information content (AvgIpc) is 3.25. The lowest BCUT2D eigenvalue weighted by atomic mass is 10.1. The molecule has 0 spiro atoms. The highest BCUT2D eigenvalue weighted by Gasteiger charge is 2.14. The molecule has 0 bridgehead atoms. The number of ether oxygens (including phenoxy) is 1. The van der Waals surface area contributed by atoms with Crippen LogP contribution >= 0.6 is 0 Å². The van der Waals surface area contributed by atoms with Gasteiger partial charge >= 0.3 is 0 Å². The summed E-state index contributed by atoms with van der Waals surface area (Å²) < 4.78 is 21.3. The van der Waals surface area contributed by atoms with Crippen LogP contribution in [-0.4, -0.2) is 31.8 Å². The molecule has 1 amide bonds. The quantitative estimate of drug-likeness (QED) is 0.464. The molecule has 8 nitrogen and oxygen atoms in total. The maximum absolute atomic E-state index is 13.2. The molecule has 1 N–H and O–H groups in total. The van der Waals surface area contributed by atoms with Crippen LogP contribution in [0.15, 0.2) is 84.0 Å². The van der Waals surface area contributed by atoms with Gasteiger partial charge in [0.25, 0.3) is 11.5 Å². The SMILES string of the molecule is O=C(COc1ccccc1)Nn1ccc2c(cnc3c(-c4ccc(F)cc4)cnn32)c1=O. The fraction of sp³-hybridized carbons (Fsp3) is 0.0435. The number of hydrogen-bond donors (Lipinski definition) is 1. The first kappa shape index (κ1) is 19.4. The Morgan fingerprint density at radius 1 is 1.03 bits per heavy atom. The third-order valence-corrected chi connectivity index (χ3v) is 4.91. The highest BCUT2D eigenvalue weighted by Crippen LogP contribution is 2.25. The van der Waals surface area contributed by atoms with Gasteiger partial charge in [-0.2, -0.15) is 5.10 Å². The van der Waals surface area contributed by atoms with Gasteiger partial charge in [0, 0.05) is 18.0 Å². The Morgan fingerprint density at radius 3 is 2.59 bits per heavy atom. The number of benzene rings is 2. The Bertz CT molecular complexity index is 1490. The molecule has 32 heavy (non-hydrogen) atoms. The fourth-order valence-electron chi connectivity index (χ4n) is 3.37. The Balaban J connectivity index is 1.43. The van der Waals surface area contributed by atoms with Crippen molar-refractivity contribution in [3.8, 4) is 16.9 Å². The molecule has 3 aromatic heterocycles. The highest BCUT2D eigenvalue weighted by molar-refractivity contribution is 5.87. The normalized spacial score (nSPS) is 11.0. The van der Waals surface area contributed by atoms with Crippen LogP contribution in [0.25, 0.3) is 27.7 Å². The molecule has 5 rings (SSSR count). The van der Waals surface area contributed by atoms with Gasteiger partial charge in [-0.1, -0.05) is 30.3 Å². The molecular formula is C23H16FN5O3. The maximum atomic E-state index is 13.2. The summed E-state index contributed by atoms with van der Waals surface area (Å²) in [7, 11) is 0. The van der Waals surface area contributed by atoms with E-state index in [1.165, 1.54) is 24.5 Å². The first-order chi connectivity index (χ1) is 15.6. The fourth-order valence-corrected chi connectivity index (χ4v) is 3.37. The minimum atomic E-state index is -0.484. The highest BCUT2D eigenvalue weighted by atomic mass is 19.1. The number of halogens is 1. The molecule has 0 aliphatic carbocycles. The van der Waals surface area contributed by atoms with Crippen molar-refractivity contribution in [1.29, 1.82) is 0 Å². The van der Waals surface area contributed by atoms with Crippen LogP contribution < -0.4 is 15.7 Å². The Kier molecular flexibility index (Phi) is 4.83. The van der Waals surface area contributed by atoms with Gasteiger partial charge in [0.05, 0.1) is 17.1 Å². The topological polar surface area (TPSA) is 90.5 Å². The van der Waals surface area contributed by atoms with Crippen molar-refractivity contribution in [2.45, 2.75) is 0 Å². The van der Waals surface area contributed by atoms with Crippen LogP contribution in [0, 0.1) is 5.82 Å². The molecule has 5 aromatic rings. The molecule has 158 valence electrons. The number of amides is 1. The van der Waals surface area contributed by atoms with Crippen LogP contribution in [0.5, 0.6) is 5.75 Å². The van der Waals surface area contributed by atoms with E-state index >= 15 is 0 Å².